The monoisotopic (exact) mass is 320 g/mol. The Morgan fingerprint density at radius 1 is 1.18 bits per heavy atom. The van der Waals surface area contributed by atoms with Crippen LogP contribution < -0.4 is 4.90 Å². The average molecular weight is 320 g/mol. The highest BCUT2D eigenvalue weighted by Gasteiger charge is 2.36. The standard InChI is InChI=1S/C16H24N4OS/c1-16(2,3)13-4-5-14(18-17-13)20-10-12(11-20)15(21)19-6-8-22-9-7-19/h4-5,12H,6-11H2,1-3H3. The van der Waals surface area contributed by atoms with E-state index in [0.717, 1.165) is 49.2 Å². The fourth-order valence-corrected chi connectivity index (χ4v) is 3.66. The lowest BCUT2D eigenvalue weighted by molar-refractivity contribution is -0.135. The first kappa shape index (κ1) is 15.6. The van der Waals surface area contributed by atoms with Gasteiger partial charge in [-0.15, -0.1) is 5.10 Å². The van der Waals surface area contributed by atoms with Crippen molar-refractivity contribution in [2.24, 2.45) is 5.92 Å². The molecule has 1 amide bonds. The van der Waals surface area contributed by atoms with Crippen molar-refractivity contribution >= 4 is 23.5 Å². The molecule has 2 saturated heterocycles. The van der Waals surface area contributed by atoms with E-state index in [1.165, 1.54) is 0 Å². The summed E-state index contributed by atoms with van der Waals surface area (Å²) in [6.07, 6.45) is 0. The molecule has 1 aromatic heterocycles. The highest BCUT2D eigenvalue weighted by atomic mass is 32.2. The Bertz CT molecular complexity index is 528. The Labute approximate surface area is 136 Å². The van der Waals surface area contributed by atoms with Gasteiger partial charge in [0.15, 0.2) is 5.82 Å². The van der Waals surface area contributed by atoms with Gasteiger partial charge in [-0.2, -0.15) is 16.9 Å². The second kappa shape index (κ2) is 6.07. The maximum atomic E-state index is 12.4. The van der Waals surface area contributed by atoms with Gasteiger partial charge in [-0.25, -0.2) is 0 Å². The van der Waals surface area contributed by atoms with E-state index in [4.69, 9.17) is 0 Å². The molecule has 0 bridgehead atoms. The zero-order valence-corrected chi connectivity index (χ0v) is 14.4. The van der Waals surface area contributed by atoms with Gasteiger partial charge in [-0.05, 0) is 12.1 Å². The zero-order chi connectivity index (χ0) is 15.7. The Balaban J connectivity index is 1.55. The normalized spacial score (nSPS) is 20.0. The van der Waals surface area contributed by atoms with Crippen LogP contribution in [0, 0.1) is 5.92 Å². The summed E-state index contributed by atoms with van der Waals surface area (Å²) in [5.74, 6) is 3.47. The molecule has 120 valence electrons. The van der Waals surface area contributed by atoms with Gasteiger partial charge in [0, 0.05) is 43.1 Å². The van der Waals surface area contributed by atoms with Crippen molar-refractivity contribution in [2.75, 3.05) is 42.6 Å². The second-order valence-corrected chi connectivity index (χ2v) is 8.29. The number of aromatic nitrogens is 2. The van der Waals surface area contributed by atoms with Crippen molar-refractivity contribution in [1.29, 1.82) is 0 Å². The number of thioether (sulfide) groups is 1. The summed E-state index contributed by atoms with van der Waals surface area (Å²) < 4.78 is 0. The fraction of sp³-hybridized carbons (Fsp3) is 0.688. The molecule has 3 rings (SSSR count). The highest BCUT2D eigenvalue weighted by Crippen LogP contribution is 2.26. The van der Waals surface area contributed by atoms with Crippen LogP contribution in [-0.2, 0) is 10.2 Å². The SMILES string of the molecule is CC(C)(C)c1ccc(N2CC(C(=O)N3CCSCC3)C2)nn1. The molecule has 22 heavy (non-hydrogen) atoms. The van der Waals surface area contributed by atoms with E-state index in [9.17, 15) is 4.79 Å². The quantitative estimate of drug-likeness (QED) is 0.831. The third-order valence-electron chi connectivity index (χ3n) is 4.30. The molecule has 0 aliphatic carbocycles. The maximum absolute atomic E-state index is 12.4. The second-order valence-electron chi connectivity index (χ2n) is 7.07. The molecule has 0 aromatic carbocycles. The zero-order valence-electron chi connectivity index (χ0n) is 13.6. The van der Waals surface area contributed by atoms with Gasteiger partial charge in [-0.3, -0.25) is 4.79 Å². The number of hydrogen-bond acceptors (Lipinski definition) is 5. The molecular weight excluding hydrogens is 296 g/mol. The van der Waals surface area contributed by atoms with Crippen LogP contribution >= 0.6 is 11.8 Å². The molecule has 0 unspecified atom stereocenters. The topological polar surface area (TPSA) is 49.3 Å². The van der Waals surface area contributed by atoms with Crippen LogP contribution in [0.25, 0.3) is 0 Å². The van der Waals surface area contributed by atoms with Crippen molar-refractivity contribution in [3.05, 3.63) is 17.8 Å². The smallest absolute Gasteiger partial charge is 0.229 e. The van der Waals surface area contributed by atoms with Crippen LogP contribution in [0.4, 0.5) is 5.82 Å². The predicted octanol–water partition coefficient (Wildman–Crippen LogP) is 1.79. The van der Waals surface area contributed by atoms with E-state index in [1.807, 2.05) is 28.8 Å². The molecule has 0 saturated carbocycles. The van der Waals surface area contributed by atoms with Gasteiger partial charge in [-0.1, -0.05) is 20.8 Å². The minimum atomic E-state index is 0.0191. The van der Waals surface area contributed by atoms with E-state index in [0.29, 0.717) is 5.91 Å². The van der Waals surface area contributed by atoms with Gasteiger partial charge >= 0.3 is 0 Å². The summed E-state index contributed by atoms with van der Waals surface area (Å²) in [5, 5.41) is 8.64. The van der Waals surface area contributed by atoms with Crippen LogP contribution in [0.15, 0.2) is 12.1 Å². The summed E-state index contributed by atoms with van der Waals surface area (Å²) in [6, 6.07) is 4.06. The van der Waals surface area contributed by atoms with E-state index in [-0.39, 0.29) is 11.3 Å². The van der Waals surface area contributed by atoms with Crippen LogP contribution in [0.1, 0.15) is 26.5 Å². The minimum absolute atomic E-state index is 0.0191. The Kier molecular flexibility index (Phi) is 4.30. The lowest BCUT2D eigenvalue weighted by Crippen LogP contribution is -2.56. The predicted molar refractivity (Wildman–Crippen MR) is 90.3 cm³/mol. The third kappa shape index (κ3) is 3.21. The highest BCUT2D eigenvalue weighted by molar-refractivity contribution is 7.99. The average Bonchev–Trinajstić information content (AvgIpc) is 2.46. The van der Waals surface area contributed by atoms with Gasteiger partial charge in [0.2, 0.25) is 5.91 Å². The summed E-state index contributed by atoms with van der Waals surface area (Å²) in [6.45, 7) is 9.74. The maximum Gasteiger partial charge on any atom is 0.229 e. The van der Waals surface area contributed by atoms with Crippen LogP contribution in [0.2, 0.25) is 0 Å². The molecular formula is C16H24N4OS. The first-order chi connectivity index (χ1) is 10.4. The molecule has 2 fully saturated rings. The van der Waals surface area contributed by atoms with Gasteiger partial charge < -0.3 is 9.80 Å². The third-order valence-corrected chi connectivity index (χ3v) is 5.24. The van der Waals surface area contributed by atoms with Crippen molar-refractivity contribution in [1.82, 2.24) is 15.1 Å². The number of nitrogens with zero attached hydrogens (tertiary/aromatic N) is 4. The van der Waals surface area contributed by atoms with Crippen molar-refractivity contribution in [3.63, 3.8) is 0 Å². The van der Waals surface area contributed by atoms with E-state index in [2.05, 4.69) is 35.9 Å². The number of carbonyl (C=O) groups is 1. The minimum Gasteiger partial charge on any atom is -0.353 e. The van der Waals surface area contributed by atoms with Crippen molar-refractivity contribution in [2.45, 2.75) is 26.2 Å². The number of rotatable bonds is 2. The summed E-state index contributed by atoms with van der Waals surface area (Å²) >= 11 is 1.93. The lowest BCUT2D eigenvalue weighted by atomic mass is 9.92. The van der Waals surface area contributed by atoms with Crippen LogP contribution in [-0.4, -0.2) is 58.7 Å². The first-order valence-corrected chi connectivity index (χ1v) is 9.06. The molecule has 2 aliphatic rings. The molecule has 2 aliphatic heterocycles. The lowest BCUT2D eigenvalue weighted by Gasteiger charge is -2.41. The molecule has 5 nitrogen and oxygen atoms in total. The Hall–Kier alpha value is -1.30. The number of anilines is 1. The number of amides is 1. The fourth-order valence-electron chi connectivity index (χ4n) is 2.76. The Morgan fingerprint density at radius 2 is 1.86 bits per heavy atom. The van der Waals surface area contributed by atoms with Crippen LogP contribution in [0.3, 0.4) is 0 Å². The van der Waals surface area contributed by atoms with Gasteiger partial charge in [0.1, 0.15) is 0 Å². The number of carbonyl (C=O) groups excluding carboxylic acids is 1. The summed E-state index contributed by atoms with van der Waals surface area (Å²) in [4.78, 5) is 16.6. The first-order valence-electron chi connectivity index (χ1n) is 7.91. The summed E-state index contributed by atoms with van der Waals surface area (Å²) in [7, 11) is 0. The molecule has 0 N–H and O–H groups in total. The van der Waals surface area contributed by atoms with Crippen molar-refractivity contribution in [3.8, 4) is 0 Å². The van der Waals surface area contributed by atoms with Gasteiger partial charge in [0.05, 0.1) is 11.6 Å². The molecule has 1 aromatic rings. The van der Waals surface area contributed by atoms with Gasteiger partial charge in [0.25, 0.3) is 0 Å². The molecule has 0 spiro atoms. The molecule has 0 radical (unpaired) electrons. The largest absolute Gasteiger partial charge is 0.353 e. The Morgan fingerprint density at radius 3 is 2.41 bits per heavy atom. The van der Waals surface area contributed by atoms with E-state index < -0.39 is 0 Å². The molecule has 0 atom stereocenters. The van der Waals surface area contributed by atoms with E-state index >= 15 is 0 Å². The van der Waals surface area contributed by atoms with Crippen LogP contribution in [0.5, 0.6) is 0 Å². The molecule has 6 heteroatoms. The number of hydrogen-bond donors (Lipinski definition) is 0. The van der Waals surface area contributed by atoms with Crippen molar-refractivity contribution < 1.29 is 4.79 Å². The van der Waals surface area contributed by atoms with E-state index in [1.54, 1.807) is 0 Å². The summed E-state index contributed by atoms with van der Waals surface area (Å²) in [5.41, 5.74) is 1.01. The molecule has 3 heterocycles.